The lowest BCUT2D eigenvalue weighted by molar-refractivity contribution is -0.713. The Kier molecular flexibility index (Phi) is 19.6. The first kappa shape index (κ1) is 42.9. The van der Waals surface area contributed by atoms with Gasteiger partial charge in [0.15, 0.2) is 5.72 Å². The van der Waals surface area contributed by atoms with Crippen LogP contribution < -0.4 is 22.3 Å². The Morgan fingerprint density at radius 2 is 1.73 bits per heavy atom. The Hall–Kier alpha value is -2.49. The van der Waals surface area contributed by atoms with Crippen LogP contribution in [-0.4, -0.2) is 53.2 Å². The molecule has 3 aliphatic rings. The fraction of sp³-hybridized carbons (Fsp3) is 0.756. The molecule has 0 unspecified atom stereocenters. The van der Waals surface area contributed by atoms with Crippen LogP contribution in [0.15, 0.2) is 24.8 Å². The summed E-state index contributed by atoms with van der Waals surface area (Å²) in [6, 6.07) is 0.249. The second-order valence-corrected chi connectivity index (χ2v) is 14.8. The number of halogens is 1. The first-order valence-electron chi connectivity index (χ1n) is 20.1. The maximum atomic E-state index is 13.7. The lowest BCUT2D eigenvalue weighted by Gasteiger charge is -2.38. The van der Waals surface area contributed by atoms with Crippen molar-refractivity contribution in [2.24, 2.45) is 0 Å². The van der Waals surface area contributed by atoms with Crippen molar-refractivity contribution in [1.82, 2.24) is 4.98 Å². The summed E-state index contributed by atoms with van der Waals surface area (Å²) in [5, 5.41) is 13.6. The summed E-state index contributed by atoms with van der Waals surface area (Å²) in [6.07, 6.45) is 29.0. The predicted octanol–water partition coefficient (Wildman–Crippen LogP) is 5.57. The molecule has 3 aliphatic heterocycles. The van der Waals surface area contributed by atoms with Crippen molar-refractivity contribution in [3.63, 3.8) is 0 Å². The first-order chi connectivity index (χ1) is 24.4. The molecule has 51 heavy (non-hydrogen) atoms. The van der Waals surface area contributed by atoms with Gasteiger partial charge in [0.25, 0.3) is 0 Å². The Morgan fingerprint density at radius 1 is 1.06 bits per heavy atom. The minimum Gasteiger partial charge on any atom is -1.00 e. The van der Waals surface area contributed by atoms with Crippen molar-refractivity contribution >= 4 is 17.9 Å². The van der Waals surface area contributed by atoms with E-state index in [1.54, 1.807) is 6.08 Å². The molecule has 1 aromatic heterocycles. The van der Waals surface area contributed by atoms with Gasteiger partial charge < -0.3 is 31.7 Å². The van der Waals surface area contributed by atoms with Gasteiger partial charge in [-0.05, 0) is 51.9 Å². The number of aliphatic hydroxyl groups excluding tert-OH is 1. The van der Waals surface area contributed by atoms with Crippen LogP contribution in [0.1, 0.15) is 176 Å². The van der Waals surface area contributed by atoms with E-state index in [1.165, 1.54) is 57.8 Å². The second kappa shape index (κ2) is 23.2. The van der Waals surface area contributed by atoms with Gasteiger partial charge in [0.2, 0.25) is 0 Å². The molecule has 0 saturated heterocycles. The van der Waals surface area contributed by atoms with E-state index >= 15 is 0 Å². The van der Waals surface area contributed by atoms with Crippen LogP contribution >= 0.6 is 0 Å². The summed E-state index contributed by atoms with van der Waals surface area (Å²) < 4.78 is 19.9. The van der Waals surface area contributed by atoms with E-state index in [4.69, 9.17) is 19.2 Å². The van der Waals surface area contributed by atoms with Crippen LogP contribution in [0.4, 0.5) is 5.95 Å². The lowest BCUT2D eigenvalue weighted by Crippen LogP contribution is -3.00. The topological polar surface area (TPSA) is 111 Å². The Morgan fingerprint density at radius 3 is 2.37 bits per heavy atom. The number of esters is 2. The SMILES string of the molecule is C=CCOC(=O)CCCCCCCCCCCCCCCOC(=O)c1c(CCC[C@@H](C)O)nc2[n+]3c1CC[C@H]3C[C@@]1(CCC=C[C@H](CC)O1)N2.[Cl-]. The number of hydrogen-bond acceptors (Lipinski definition) is 8. The summed E-state index contributed by atoms with van der Waals surface area (Å²) >= 11 is 0. The smallest absolute Gasteiger partial charge is 0.394 e. The Labute approximate surface area is 313 Å². The van der Waals surface area contributed by atoms with Gasteiger partial charge in [0.1, 0.15) is 17.9 Å². The molecular formula is C41H66ClN3O6. The predicted molar refractivity (Wildman–Crippen MR) is 197 cm³/mol. The molecule has 1 aromatic rings. The molecule has 4 rings (SSSR count). The van der Waals surface area contributed by atoms with E-state index < -0.39 is 5.72 Å². The van der Waals surface area contributed by atoms with E-state index in [0.29, 0.717) is 38.0 Å². The van der Waals surface area contributed by atoms with Crippen LogP contribution in [0, 0.1) is 0 Å². The van der Waals surface area contributed by atoms with Gasteiger partial charge in [-0.25, -0.2) is 14.7 Å². The quantitative estimate of drug-likeness (QED) is 0.0615. The minimum absolute atomic E-state index is 0. The normalized spacial score (nSPS) is 20.9. The highest BCUT2D eigenvalue weighted by Crippen LogP contribution is 2.40. The summed E-state index contributed by atoms with van der Waals surface area (Å²) in [5.74, 6) is 0.446. The summed E-state index contributed by atoms with van der Waals surface area (Å²) in [7, 11) is 0. The highest BCUT2D eigenvalue weighted by molar-refractivity contribution is 5.91. The highest BCUT2D eigenvalue weighted by atomic mass is 35.5. The molecule has 0 aliphatic carbocycles. The zero-order valence-electron chi connectivity index (χ0n) is 31.6. The van der Waals surface area contributed by atoms with Gasteiger partial charge in [-0.2, -0.15) is 0 Å². The molecule has 1 spiro atoms. The summed E-state index contributed by atoms with van der Waals surface area (Å²) in [5.41, 5.74) is 2.02. The number of unbranched alkanes of at least 4 members (excludes halogenated alkanes) is 12. The van der Waals surface area contributed by atoms with Gasteiger partial charge in [0.05, 0.1) is 30.6 Å². The number of carbonyl (C=O) groups is 2. The minimum atomic E-state index is -0.450. The largest absolute Gasteiger partial charge is 1.00 e. The molecule has 0 fully saturated rings. The van der Waals surface area contributed by atoms with Gasteiger partial charge in [-0.15, -0.1) is 0 Å². The molecule has 9 nitrogen and oxygen atoms in total. The number of nitrogens with one attached hydrogen (secondary N) is 1. The zero-order chi connectivity index (χ0) is 35.6. The number of ether oxygens (including phenoxy) is 3. The van der Waals surface area contributed by atoms with E-state index in [9.17, 15) is 14.7 Å². The maximum absolute atomic E-state index is 13.7. The third-order valence-electron chi connectivity index (χ3n) is 10.5. The number of nitrogens with zero attached hydrogens (tertiary/aromatic N) is 2. The third-order valence-corrected chi connectivity index (χ3v) is 10.5. The monoisotopic (exact) mass is 731 g/mol. The van der Waals surface area contributed by atoms with Crippen molar-refractivity contribution in [2.75, 3.05) is 18.5 Å². The molecular weight excluding hydrogens is 666 g/mol. The van der Waals surface area contributed by atoms with Gasteiger partial charge in [0, 0.05) is 32.1 Å². The molecule has 288 valence electrons. The van der Waals surface area contributed by atoms with Crippen LogP contribution in [0.2, 0.25) is 0 Å². The summed E-state index contributed by atoms with van der Waals surface area (Å²) in [4.78, 5) is 30.3. The third kappa shape index (κ3) is 13.8. The Balaban J connectivity index is 0.00000702. The van der Waals surface area contributed by atoms with Crippen molar-refractivity contribution in [1.29, 1.82) is 0 Å². The standard InChI is InChI=1S/C41H65N3O6.ClH/c1-4-29-48-37(46)25-17-15-13-11-9-7-6-8-10-12-14-16-20-30-49-39(47)38-35(24-21-22-32(3)45)42-40-43-41(28-19-18-23-34(5-2)50-41)31-33-26-27-36(38)44(33)40;/h4,18,23,32-34,45H,1,5-17,19-22,24-31H2,2-3H3;1H/t32-,33+,34+,41+;/m1./s1. The lowest BCUT2D eigenvalue weighted by atomic mass is 9.95. The average Bonchev–Trinajstić information content (AvgIpc) is 3.41. The number of aromatic nitrogens is 2. The highest BCUT2D eigenvalue weighted by Gasteiger charge is 2.50. The Bertz CT molecular complexity index is 1260. The van der Waals surface area contributed by atoms with Crippen molar-refractivity contribution in [2.45, 2.75) is 186 Å². The molecule has 2 N–H and O–H groups in total. The van der Waals surface area contributed by atoms with Crippen LogP contribution in [0.3, 0.4) is 0 Å². The molecule has 4 heterocycles. The molecule has 0 amide bonds. The summed E-state index contributed by atoms with van der Waals surface area (Å²) in [6.45, 7) is 8.28. The fourth-order valence-electron chi connectivity index (χ4n) is 7.81. The molecule has 0 bridgehead atoms. The molecule has 0 saturated carbocycles. The zero-order valence-corrected chi connectivity index (χ0v) is 32.4. The second-order valence-electron chi connectivity index (χ2n) is 14.8. The van der Waals surface area contributed by atoms with Crippen LogP contribution in [0.25, 0.3) is 0 Å². The maximum Gasteiger partial charge on any atom is 0.394 e. The van der Waals surface area contributed by atoms with Gasteiger partial charge >= 0.3 is 17.9 Å². The number of rotatable bonds is 24. The number of aryl methyl sites for hydroxylation is 1. The average molecular weight is 732 g/mol. The number of anilines is 1. The first-order valence-corrected chi connectivity index (χ1v) is 20.1. The van der Waals surface area contributed by atoms with E-state index in [2.05, 4.69) is 35.5 Å². The molecule has 4 atom stereocenters. The van der Waals surface area contributed by atoms with Crippen LogP contribution in [-0.2, 0) is 31.8 Å². The molecule has 0 radical (unpaired) electrons. The van der Waals surface area contributed by atoms with E-state index in [1.807, 2.05) is 6.92 Å². The molecule has 10 heteroatoms. The number of allylic oxidation sites excluding steroid dienone is 1. The van der Waals surface area contributed by atoms with E-state index in [-0.39, 0.29) is 42.6 Å². The van der Waals surface area contributed by atoms with Gasteiger partial charge in [-0.3, -0.25) is 4.79 Å². The van der Waals surface area contributed by atoms with Crippen molar-refractivity contribution in [3.05, 3.63) is 41.8 Å². The fourth-order valence-corrected chi connectivity index (χ4v) is 7.81. The van der Waals surface area contributed by atoms with Crippen molar-refractivity contribution < 1.29 is 45.9 Å². The number of carbonyl (C=O) groups excluding carboxylic acids is 2. The van der Waals surface area contributed by atoms with Crippen molar-refractivity contribution in [3.8, 4) is 0 Å². The van der Waals surface area contributed by atoms with Gasteiger partial charge in [-0.1, -0.05) is 107 Å². The number of hydrogen-bond donors (Lipinski definition) is 2. The number of aliphatic hydroxyl groups is 1. The molecule has 0 aromatic carbocycles. The van der Waals surface area contributed by atoms with Crippen LogP contribution in [0.5, 0.6) is 0 Å². The van der Waals surface area contributed by atoms with E-state index in [0.717, 1.165) is 88.0 Å².